The van der Waals surface area contributed by atoms with Crippen molar-refractivity contribution in [2.45, 2.75) is 0 Å². The maximum absolute atomic E-state index is 12.8. The fraction of sp³-hybridized carbons (Fsp3) is 0. The standard InChI is InChI=1S/C80H44N6S/c1-82-74-75(83-65-34-13-6-24-52(65)53-25-7-14-35-66(53)83)64(46-81)76(84-67-36-15-8-26-54(67)55-27-9-16-37-68(55)84)79(78(74)85-69-38-17-10-28-56(69)57-29-11-18-39-70(57)85)86-71-44-41-47(45-63(71)61-42-43-62-58-30-12-19-40-72(58)87-80(62)77(61)86)48-32-20-33-60-51-22-3-2-21-49(51)50-23-4-5-31-59(50)73(48)60/h2-45H. The number of aromatic nitrogens is 4. The van der Waals surface area contributed by atoms with E-state index < -0.39 is 0 Å². The van der Waals surface area contributed by atoms with E-state index in [1.54, 1.807) is 11.3 Å². The zero-order valence-electron chi connectivity index (χ0n) is 46.5. The monoisotopic (exact) mass is 1120 g/mol. The summed E-state index contributed by atoms with van der Waals surface area (Å²) in [5, 5.41) is 30.8. The van der Waals surface area contributed by atoms with Crippen molar-refractivity contribution in [2.24, 2.45) is 0 Å². The molecule has 5 heterocycles. The largest absolute Gasteiger partial charge is 0.318 e. The van der Waals surface area contributed by atoms with Crippen LogP contribution in [0.2, 0.25) is 0 Å². The molecule has 0 aliphatic heterocycles. The van der Waals surface area contributed by atoms with Gasteiger partial charge >= 0.3 is 0 Å². The molecule has 87 heavy (non-hydrogen) atoms. The van der Waals surface area contributed by atoms with E-state index in [-0.39, 0.29) is 0 Å². The van der Waals surface area contributed by atoms with Crippen LogP contribution in [0.4, 0.5) is 5.69 Å². The summed E-state index contributed by atoms with van der Waals surface area (Å²) in [6, 6.07) is 98.8. The lowest BCUT2D eigenvalue weighted by Gasteiger charge is -2.27. The second-order valence-corrected chi connectivity index (χ2v) is 23.8. The number of hydrogen-bond acceptors (Lipinski definition) is 2. The van der Waals surface area contributed by atoms with Crippen LogP contribution in [0.3, 0.4) is 0 Å². The zero-order chi connectivity index (χ0) is 57.2. The first-order chi connectivity index (χ1) is 43.2. The molecule has 0 atom stereocenters. The highest BCUT2D eigenvalue weighted by Gasteiger charge is 2.35. The van der Waals surface area contributed by atoms with Crippen molar-refractivity contribution in [2.75, 3.05) is 0 Å². The van der Waals surface area contributed by atoms with Gasteiger partial charge in [0, 0.05) is 58.6 Å². The Bertz CT molecular complexity index is 6010. The number of nitriles is 1. The van der Waals surface area contributed by atoms with Crippen LogP contribution in [-0.4, -0.2) is 18.3 Å². The van der Waals surface area contributed by atoms with E-state index in [1.165, 1.54) is 42.4 Å². The number of thiophene rings is 1. The first-order valence-corrected chi connectivity index (χ1v) is 30.2. The van der Waals surface area contributed by atoms with Gasteiger partial charge in [0.2, 0.25) is 5.69 Å². The Balaban J connectivity index is 1.08. The quantitative estimate of drug-likeness (QED) is 0.125. The lowest BCUT2D eigenvalue weighted by atomic mass is 9.89. The third kappa shape index (κ3) is 6.34. The fourth-order valence-electron chi connectivity index (χ4n) is 15.1. The number of fused-ring (bicyclic) bond motifs is 22. The molecule has 0 radical (unpaired) electrons. The summed E-state index contributed by atoms with van der Waals surface area (Å²) in [4.78, 5) is 4.86. The average molecular weight is 1120 g/mol. The lowest BCUT2D eigenvalue weighted by molar-refractivity contribution is 1.03. The van der Waals surface area contributed by atoms with Crippen molar-refractivity contribution in [1.29, 1.82) is 5.26 Å². The van der Waals surface area contributed by atoms with Crippen LogP contribution in [0.1, 0.15) is 5.56 Å². The van der Waals surface area contributed by atoms with Crippen molar-refractivity contribution in [3.63, 3.8) is 0 Å². The number of para-hydroxylation sites is 6. The topological polar surface area (TPSA) is 47.9 Å². The minimum Gasteiger partial charge on any atom is -0.318 e. The highest BCUT2D eigenvalue weighted by Crippen LogP contribution is 2.54. The van der Waals surface area contributed by atoms with Crippen molar-refractivity contribution in [1.82, 2.24) is 18.3 Å². The number of nitrogens with zero attached hydrogens (tertiary/aromatic N) is 6. The molecule has 0 spiro atoms. The Kier molecular flexibility index (Phi) is 9.81. The molecular weight excluding hydrogens is 1080 g/mol. The van der Waals surface area contributed by atoms with Crippen LogP contribution in [-0.2, 0) is 0 Å². The molecular formula is C80H44N6S. The van der Waals surface area contributed by atoms with Crippen molar-refractivity contribution in [3.8, 4) is 39.9 Å². The number of benzene rings is 14. The fourth-order valence-corrected chi connectivity index (χ4v) is 16.4. The van der Waals surface area contributed by atoms with Crippen molar-refractivity contribution >= 4 is 157 Å². The van der Waals surface area contributed by atoms with E-state index in [9.17, 15) is 11.8 Å². The molecule has 0 bridgehead atoms. The molecule has 19 rings (SSSR count). The molecule has 0 saturated carbocycles. The predicted molar refractivity (Wildman–Crippen MR) is 366 cm³/mol. The van der Waals surface area contributed by atoms with Gasteiger partial charge in [0.25, 0.3) is 0 Å². The molecule has 5 aromatic heterocycles. The van der Waals surface area contributed by atoms with E-state index in [2.05, 4.69) is 291 Å². The van der Waals surface area contributed by atoms with E-state index in [0.717, 1.165) is 114 Å². The Labute approximate surface area is 501 Å². The third-order valence-electron chi connectivity index (χ3n) is 18.6. The highest BCUT2D eigenvalue weighted by atomic mass is 32.1. The smallest absolute Gasteiger partial charge is 0.237 e. The normalized spacial score (nSPS) is 12.1. The van der Waals surface area contributed by atoms with Crippen LogP contribution in [0.25, 0.3) is 178 Å². The summed E-state index contributed by atoms with van der Waals surface area (Å²) >= 11 is 1.80. The molecule has 0 fully saturated rings. The third-order valence-corrected chi connectivity index (χ3v) is 19.8. The van der Waals surface area contributed by atoms with Gasteiger partial charge in [-0.3, -0.25) is 0 Å². The molecule has 0 amide bonds. The summed E-state index contributed by atoms with van der Waals surface area (Å²) in [5.41, 5.74) is 13.1. The van der Waals surface area contributed by atoms with Crippen LogP contribution in [0.15, 0.2) is 267 Å². The molecule has 400 valence electrons. The molecule has 0 aliphatic carbocycles. The maximum atomic E-state index is 12.8. The van der Waals surface area contributed by atoms with E-state index in [4.69, 9.17) is 4.85 Å². The van der Waals surface area contributed by atoms with E-state index >= 15 is 0 Å². The van der Waals surface area contributed by atoms with Crippen LogP contribution < -0.4 is 0 Å². The molecule has 7 heteroatoms. The van der Waals surface area contributed by atoms with Crippen LogP contribution in [0, 0.1) is 17.9 Å². The molecule has 19 aromatic rings. The van der Waals surface area contributed by atoms with Gasteiger partial charge in [0.15, 0.2) is 0 Å². The highest BCUT2D eigenvalue weighted by molar-refractivity contribution is 7.26. The van der Waals surface area contributed by atoms with Gasteiger partial charge in [-0.1, -0.05) is 212 Å². The summed E-state index contributed by atoms with van der Waals surface area (Å²) in [6.07, 6.45) is 0. The number of rotatable bonds is 5. The van der Waals surface area contributed by atoms with Gasteiger partial charge in [-0.15, -0.1) is 11.3 Å². The van der Waals surface area contributed by atoms with Gasteiger partial charge in [0.05, 0.1) is 83.7 Å². The maximum Gasteiger partial charge on any atom is 0.237 e. The van der Waals surface area contributed by atoms with Gasteiger partial charge in [0.1, 0.15) is 6.07 Å². The molecule has 0 unspecified atom stereocenters. The first-order valence-electron chi connectivity index (χ1n) is 29.4. The Hall–Kier alpha value is -11.7. The Morgan fingerprint density at radius 3 is 1.23 bits per heavy atom. The molecule has 14 aromatic carbocycles. The van der Waals surface area contributed by atoms with Gasteiger partial charge < -0.3 is 18.3 Å². The van der Waals surface area contributed by atoms with Crippen molar-refractivity contribution < 1.29 is 0 Å². The summed E-state index contributed by atoms with van der Waals surface area (Å²) in [6.45, 7) is 9.97. The first kappa shape index (κ1) is 47.7. The van der Waals surface area contributed by atoms with Crippen molar-refractivity contribution in [3.05, 3.63) is 284 Å². The lowest BCUT2D eigenvalue weighted by Crippen LogP contribution is -2.14. The molecule has 6 nitrogen and oxygen atoms in total. The van der Waals surface area contributed by atoms with Gasteiger partial charge in [-0.25, -0.2) is 4.85 Å². The zero-order valence-corrected chi connectivity index (χ0v) is 47.3. The molecule has 0 aliphatic rings. The van der Waals surface area contributed by atoms with Gasteiger partial charge in [-0.05, 0) is 98.0 Å². The summed E-state index contributed by atoms with van der Waals surface area (Å²) < 4.78 is 11.6. The minimum atomic E-state index is 0.356. The van der Waals surface area contributed by atoms with E-state index in [1.807, 2.05) is 0 Å². The summed E-state index contributed by atoms with van der Waals surface area (Å²) in [5.74, 6) is 0. The predicted octanol–water partition coefficient (Wildman–Crippen LogP) is 22.0. The minimum absolute atomic E-state index is 0.356. The van der Waals surface area contributed by atoms with Crippen LogP contribution >= 0.6 is 11.3 Å². The van der Waals surface area contributed by atoms with E-state index in [0.29, 0.717) is 28.3 Å². The Morgan fingerprint density at radius 1 is 0.322 bits per heavy atom. The molecule has 0 N–H and O–H groups in total. The summed E-state index contributed by atoms with van der Waals surface area (Å²) in [7, 11) is 0. The SMILES string of the molecule is [C-]#[N+]c1c(-n2c3ccccc3c3ccccc32)c(C#N)c(-n2c3ccccc3c3ccccc32)c(-n2c3ccc(-c4cccc5c6ccccc6c6ccccc6c45)cc3c3ccc4c5ccccc5sc4c32)c1-n1c2ccccc2c2ccccc21. The Morgan fingerprint density at radius 2 is 0.724 bits per heavy atom. The van der Waals surface area contributed by atoms with Crippen LogP contribution in [0.5, 0.6) is 0 Å². The number of hydrogen-bond donors (Lipinski definition) is 0. The van der Waals surface area contributed by atoms with Gasteiger partial charge in [-0.2, -0.15) is 5.26 Å². The second kappa shape index (κ2) is 17.9. The molecule has 0 saturated heterocycles. The second-order valence-electron chi connectivity index (χ2n) is 22.8. The average Bonchev–Trinajstić information content (AvgIpc) is 1.63.